The molecule has 7 heteroatoms. The van der Waals surface area contributed by atoms with Gasteiger partial charge in [0.05, 0.1) is 12.1 Å². The Morgan fingerprint density at radius 1 is 1.18 bits per heavy atom. The third-order valence-electron chi connectivity index (χ3n) is 4.37. The fourth-order valence-electron chi connectivity index (χ4n) is 2.96. The van der Waals surface area contributed by atoms with Gasteiger partial charge in [-0.25, -0.2) is 0 Å². The van der Waals surface area contributed by atoms with Gasteiger partial charge in [0.25, 0.3) is 11.8 Å². The van der Waals surface area contributed by atoms with Gasteiger partial charge in [0.1, 0.15) is 5.75 Å². The van der Waals surface area contributed by atoms with E-state index in [0.717, 1.165) is 11.1 Å². The van der Waals surface area contributed by atoms with E-state index in [1.165, 1.54) is 4.90 Å². The number of carbonyl (C=O) groups excluding carboxylic acids is 3. The highest BCUT2D eigenvalue weighted by Gasteiger charge is 2.25. The number of amides is 2. The van der Waals surface area contributed by atoms with Crippen LogP contribution >= 0.6 is 0 Å². The monoisotopic (exact) mass is 382 g/mol. The molecule has 2 amide bonds. The number of fused-ring (bicyclic) bond motifs is 1. The van der Waals surface area contributed by atoms with Crippen LogP contribution in [0.4, 0.5) is 11.4 Å². The highest BCUT2D eigenvalue weighted by Crippen LogP contribution is 2.31. The predicted octanol–water partition coefficient (Wildman–Crippen LogP) is 2.60. The van der Waals surface area contributed by atoms with E-state index in [1.807, 2.05) is 38.1 Å². The molecule has 146 valence electrons. The van der Waals surface area contributed by atoms with Crippen LogP contribution in [0.5, 0.6) is 5.75 Å². The molecule has 0 atom stereocenters. The van der Waals surface area contributed by atoms with E-state index >= 15 is 0 Å². The Balaban J connectivity index is 1.48. The lowest BCUT2D eigenvalue weighted by Crippen LogP contribution is -2.40. The van der Waals surface area contributed by atoms with Crippen LogP contribution < -0.4 is 15.0 Å². The molecule has 1 aliphatic rings. The molecule has 0 fully saturated rings. The zero-order valence-corrected chi connectivity index (χ0v) is 15.9. The van der Waals surface area contributed by atoms with E-state index < -0.39 is 11.9 Å². The smallest absolute Gasteiger partial charge is 0.308 e. The van der Waals surface area contributed by atoms with E-state index in [0.29, 0.717) is 17.1 Å². The quantitative estimate of drug-likeness (QED) is 0.777. The van der Waals surface area contributed by atoms with Crippen LogP contribution in [0.1, 0.15) is 17.5 Å². The van der Waals surface area contributed by atoms with Crippen LogP contribution in [-0.2, 0) is 19.1 Å². The van der Waals surface area contributed by atoms with Gasteiger partial charge in [0, 0.05) is 12.2 Å². The maximum absolute atomic E-state index is 12.1. The van der Waals surface area contributed by atoms with Crippen LogP contribution in [0.15, 0.2) is 42.5 Å². The highest BCUT2D eigenvalue weighted by molar-refractivity contribution is 5.98. The fraction of sp³-hybridized carbons (Fsp3) is 0.286. The summed E-state index contributed by atoms with van der Waals surface area (Å²) in [6.07, 6.45) is -0.0170. The summed E-state index contributed by atoms with van der Waals surface area (Å²) in [6, 6.07) is 12.8. The van der Waals surface area contributed by atoms with E-state index in [4.69, 9.17) is 9.47 Å². The number of carbonyl (C=O) groups is 3. The summed E-state index contributed by atoms with van der Waals surface area (Å²) in [5.41, 5.74) is 3.34. The van der Waals surface area contributed by atoms with Crippen molar-refractivity contribution in [1.82, 2.24) is 0 Å². The number of anilines is 2. The molecule has 0 spiro atoms. The lowest BCUT2D eigenvalue weighted by Gasteiger charge is -2.28. The van der Waals surface area contributed by atoms with Gasteiger partial charge in [0.15, 0.2) is 13.2 Å². The minimum Gasteiger partial charge on any atom is -0.482 e. The first-order valence-corrected chi connectivity index (χ1v) is 8.99. The lowest BCUT2D eigenvalue weighted by molar-refractivity contribution is -0.147. The molecule has 7 nitrogen and oxygen atoms in total. The standard InChI is InChI=1S/C21H22N2O5/c1-14-7-8-16(15(2)11-14)22-19(24)12-28-21(26)9-10-23-17-5-3-4-6-18(17)27-13-20(23)25/h3-8,11H,9-10,12-13H2,1-2H3,(H,22,24). The van der Waals surface area contributed by atoms with Crippen molar-refractivity contribution in [2.24, 2.45) is 0 Å². The number of para-hydroxylation sites is 2. The Bertz CT molecular complexity index is 909. The number of nitrogens with one attached hydrogen (secondary N) is 1. The predicted molar refractivity (Wildman–Crippen MR) is 104 cm³/mol. The van der Waals surface area contributed by atoms with Crippen LogP contribution in [0, 0.1) is 13.8 Å². The minimum atomic E-state index is -0.549. The molecule has 2 aromatic carbocycles. The van der Waals surface area contributed by atoms with Crippen molar-refractivity contribution in [1.29, 1.82) is 0 Å². The van der Waals surface area contributed by atoms with E-state index in [-0.39, 0.29) is 32.1 Å². The van der Waals surface area contributed by atoms with Crippen LogP contribution in [0.3, 0.4) is 0 Å². The Kier molecular flexibility index (Phi) is 5.93. The molecular formula is C21H22N2O5. The van der Waals surface area contributed by atoms with Crippen LogP contribution in [0.2, 0.25) is 0 Å². The molecule has 0 aliphatic carbocycles. The number of aryl methyl sites for hydroxylation is 2. The number of nitrogens with zero attached hydrogens (tertiary/aromatic N) is 1. The van der Waals surface area contributed by atoms with Gasteiger partial charge in [-0.15, -0.1) is 0 Å². The lowest BCUT2D eigenvalue weighted by atomic mass is 10.1. The summed E-state index contributed by atoms with van der Waals surface area (Å²) in [5.74, 6) is -0.581. The van der Waals surface area contributed by atoms with E-state index in [1.54, 1.807) is 18.2 Å². The van der Waals surface area contributed by atoms with Gasteiger partial charge in [0.2, 0.25) is 0 Å². The SMILES string of the molecule is Cc1ccc(NC(=O)COC(=O)CCN2C(=O)COc3ccccc32)c(C)c1. The topological polar surface area (TPSA) is 84.9 Å². The second kappa shape index (κ2) is 8.56. The molecule has 0 aromatic heterocycles. The summed E-state index contributed by atoms with van der Waals surface area (Å²) >= 11 is 0. The Labute approximate surface area is 163 Å². The third-order valence-corrected chi connectivity index (χ3v) is 4.37. The Morgan fingerprint density at radius 2 is 1.96 bits per heavy atom. The van der Waals surface area contributed by atoms with Crippen LogP contribution in [-0.4, -0.2) is 37.5 Å². The molecule has 28 heavy (non-hydrogen) atoms. The maximum atomic E-state index is 12.1. The molecule has 1 aliphatic heterocycles. The van der Waals surface area contributed by atoms with Gasteiger partial charge < -0.3 is 19.7 Å². The van der Waals surface area contributed by atoms with Gasteiger partial charge in [-0.1, -0.05) is 29.8 Å². The first kappa shape index (κ1) is 19.4. The van der Waals surface area contributed by atoms with Crippen molar-refractivity contribution in [2.75, 3.05) is 30.0 Å². The summed E-state index contributed by atoms with van der Waals surface area (Å²) in [5, 5.41) is 2.72. The zero-order valence-electron chi connectivity index (χ0n) is 15.9. The number of benzene rings is 2. The van der Waals surface area contributed by atoms with Gasteiger partial charge in [-0.05, 0) is 37.6 Å². The molecule has 3 rings (SSSR count). The number of rotatable bonds is 6. The molecule has 0 saturated carbocycles. The van der Waals surface area contributed by atoms with Crippen LogP contribution in [0.25, 0.3) is 0 Å². The van der Waals surface area contributed by atoms with E-state index in [2.05, 4.69) is 5.32 Å². The molecule has 0 saturated heterocycles. The van der Waals surface area contributed by atoms with Crippen molar-refractivity contribution < 1.29 is 23.9 Å². The Hall–Kier alpha value is -3.35. The van der Waals surface area contributed by atoms with Gasteiger partial charge in [-0.2, -0.15) is 0 Å². The maximum Gasteiger partial charge on any atom is 0.308 e. The number of hydrogen-bond acceptors (Lipinski definition) is 5. The summed E-state index contributed by atoms with van der Waals surface area (Å²) in [6.45, 7) is 3.59. The van der Waals surface area contributed by atoms with Crippen molar-refractivity contribution >= 4 is 29.2 Å². The average Bonchev–Trinajstić information content (AvgIpc) is 2.68. The second-order valence-electron chi connectivity index (χ2n) is 6.58. The highest BCUT2D eigenvalue weighted by atomic mass is 16.5. The van der Waals surface area contributed by atoms with Crippen molar-refractivity contribution in [3.05, 3.63) is 53.6 Å². The number of esters is 1. The molecule has 0 unspecified atom stereocenters. The van der Waals surface area contributed by atoms with Crippen molar-refractivity contribution in [2.45, 2.75) is 20.3 Å². The second-order valence-corrected chi connectivity index (χ2v) is 6.58. The largest absolute Gasteiger partial charge is 0.482 e. The fourth-order valence-corrected chi connectivity index (χ4v) is 2.96. The molecule has 1 N–H and O–H groups in total. The van der Waals surface area contributed by atoms with Gasteiger partial charge in [-0.3, -0.25) is 14.4 Å². The molecule has 2 aromatic rings. The third kappa shape index (κ3) is 4.68. The summed E-state index contributed by atoms with van der Waals surface area (Å²) in [4.78, 5) is 37.6. The Morgan fingerprint density at radius 3 is 2.75 bits per heavy atom. The minimum absolute atomic E-state index is 0.0170. The van der Waals surface area contributed by atoms with Crippen molar-refractivity contribution in [3.63, 3.8) is 0 Å². The first-order valence-electron chi connectivity index (χ1n) is 8.99. The first-order chi connectivity index (χ1) is 13.4. The normalized spacial score (nSPS) is 12.8. The molecule has 0 radical (unpaired) electrons. The summed E-state index contributed by atoms with van der Waals surface area (Å²) < 4.78 is 10.4. The average molecular weight is 382 g/mol. The van der Waals surface area contributed by atoms with Crippen molar-refractivity contribution in [3.8, 4) is 5.75 Å². The molecular weight excluding hydrogens is 360 g/mol. The zero-order chi connectivity index (χ0) is 20.1. The van der Waals surface area contributed by atoms with Gasteiger partial charge >= 0.3 is 5.97 Å². The molecule has 0 bridgehead atoms. The number of hydrogen-bond donors (Lipinski definition) is 1. The summed E-state index contributed by atoms with van der Waals surface area (Å²) in [7, 11) is 0. The number of ether oxygens (including phenoxy) is 2. The molecule has 1 heterocycles. The van der Waals surface area contributed by atoms with E-state index in [9.17, 15) is 14.4 Å².